The number of piperidine rings is 1. The lowest BCUT2D eigenvalue weighted by Gasteiger charge is -2.39. The van der Waals surface area contributed by atoms with E-state index < -0.39 is 0 Å². The number of hydrogen-bond acceptors (Lipinski definition) is 2. The van der Waals surface area contributed by atoms with E-state index in [9.17, 15) is 0 Å². The van der Waals surface area contributed by atoms with Crippen molar-refractivity contribution >= 4 is 0 Å². The predicted octanol–water partition coefficient (Wildman–Crippen LogP) is 3.42. The van der Waals surface area contributed by atoms with Gasteiger partial charge in [0.05, 0.1) is 0 Å². The summed E-state index contributed by atoms with van der Waals surface area (Å²) in [6.45, 7) is 6.43. The van der Waals surface area contributed by atoms with Crippen molar-refractivity contribution in [3.05, 3.63) is 0 Å². The third-order valence-electron chi connectivity index (χ3n) is 5.80. The minimum Gasteiger partial charge on any atom is -0.317 e. The van der Waals surface area contributed by atoms with Crippen molar-refractivity contribution in [3.8, 4) is 0 Å². The van der Waals surface area contributed by atoms with Gasteiger partial charge in [-0.1, -0.05) is 19.3 Å². The Morgan fingerprint density at radius 1 is 0.947 bits per heavy atom. The Morgan fingerprint density at radius 2 is 1.63 bits per heavy atom. The summed E-state index contributed by atoms with van der Waals surface area (Å²) in [6.07, 6.45) is 13.2. The van der Waals surface area contributed by atoms with Crippen LogP contribution in [0.3, 0.4) is 0 Å². The van der Waals surface area contributed by atoms with Crippen molar-refractivity contribution in [1.29, 1.82) is 0 Å². The predicted molar refractivity (Wildman–Crippen MR) is 81.4 cm³/mol. The monoisotopic (exact) mass is 264 g/mol. The van der Waals surface area contributed by atoms with Crippen LogP contribution >= 0.6 is 0 Å². The highest BCUT2D eigenvalue weighted by Crippen LogP contribution is 2.36. The molecule has 2 heteroatoms. The Hall–Kier alpha value is -0.0800. The fourth-order valence-corrected chi connectivity index (χ4v) is 4.30. The highest BCUT2D eigenvalue weighted by atomic mass is 15.2. The normalized spacial score (nSPS) is 28.7. The summed E-state index contributed by atoms with van der Waals surface area (Å²) in [6, 6.07) is 1.80. The molecule has 0 aromatic carbocycles. The first-order valence-corrected chi connectivity index (χ1v) is 8.81. The van der Waals surface area contributed by atoms with E-state index in [1.807, 2.05) is 0 Å². The minimum atomic E-state index is 0.850. The van der Waals surface area contributed by atoms with Gasteiger partial charge in [-0.05, 0) is 70.4 Å². The molecule has 0 aromatic rings. The smallest absolute Gasteiger partial charge is 0.00994 e. The zero-order chi connectivity index (χ0) is 13.1. The summed E-state index contributed by atoms with van der Waals surface area (Å²) in [4.78, 5) is 2.92. The van der Waals surface area contributed by atoms with Crippen LogP contribution in [-0.2, 0) is 0 Å². The van der Waals surface area contributed by atoms with Crippen molar-refractivity contribution < 1.29 is 0 Å². The van der Waals surface area contributed by atoms with E-state index >= 15 is 0 Å². The summed E-state index contributed by atoms with van der Waals surface area (Å²) >= 11 is 0. The molecule has 3 fully saturated rings. The van der Waals surface area contributed by atoms with Crippen LogP contribution in [0.5, 0.6) is 0 Å². The Morgan fingerprint density at radius 3 is 2.26 bits per heavy atom. The van der Waals surface area contributed by atoms with Crippen molar-refractivity contribution in [2.75, 3.05) is 19.6 Å². The molecule has 0 aromatic heterocycles. The van der Waals surface area contributed by atoms with Gasteiger partial charge >= 0.3 is 0 Å². The summed E-state index contributed by atoms with van der Waals surface area (Å²) in [5.41, 5.74) is 0. The molecule has 1 N–H and O–H groups in total. The third-order valence-corrected chi connectivity index (χ3v) is 5.80. The second-order valence-electron chi connectivity index (χ2n) is 7.26. The van der Waals surface area contributed by atoms with Crippen LogP contribution in [0.25, 0.3) is 0 Å². The van der Waals surface area contributed by atoms with Gasteiger partial charge in [0, 0.05) is 18.6 Å². The first kappa shape index (κ1) is 13.9. The molecule has 1 unspecified atom stereocenters. The molecule has 2 saturated carbocycles. The minimum absolute atomic E-state index is 0.850. The molecule has 3 rings (SSSR count). The fourth-order valence-electron chi connectivity index (χ4n) is 4.30. The molecule has 2 aliphatic carbocycles. The molecule has 0 spiro atoms. The second-order valence-corrected chi connectivity index (χ2v) is 7.26. The maximum absolute atomic E-state index is 3.51. The Balaban J connectivity index is 1.56. The van der Waals surface area contributed by atoms with Crippen LogP contribution in [0.2, 0.25) is 0 Å². The molecule has 2 nitrogen and oxygen atoms in total. The fraction of sp³-hybridized carbons (Fsp3) is 1.00. The van der Waals surface area contributed by atoms with Crippen LogP contribution in [-0.4, -0.2) is 36.6 Å². The zero-order valence-electron chi connectivity index (χ0n) is 12.7. The topological polar surface area (TPSA) is 15.3 Å². The number of nitrogens with zero attached hydrogens (tertiary/aromatic N) is 1. The van der Waals surface area contributed by atoms with Gasteiger partial charge in [-0.25, -0.2) is 0 Å². The van der Waals surface area contributed by atoms with Crippen LogP contribution in [0.15, 0.2) is 0 Å². The lowest BCUT2D eigenvalue weighted by atomic mass is 9.83. The van der Waals surface area contributed by atoms with Crippen molar-refractivity contribution in [3.63, 3.8) is 0 Å². The third kappa shape index (κ3) is 3.72. The molecule has 19 heavy (non-hydrogen) atoms. The lowest BCUT2D eigenvalue weighted by Crippen LogP contribution is -2.45. The maximum Gasteiger partial charge on any atom is 0.00994 e. The van der Waals surface area contributed by atoms with Crippen LogP contribution < -0.4 is 5.32 Å². The second kappa shape index (κ2) is 6.58. The van der Waals surface area contributed by atoms with Crippen molar-refractivity contribution in [2.24, 2.45) is 11.8 Å². The van der Waals surface area contributed by atoms with Crippen LogP contribution in [0.4, 0.5) is 0 Å². The highest BCUT2D eigenvalue weighted by Gasteiger charge is 2.36. The lowest BCUT2D eigenvalue weighted by molar-refractivity contribution is 0.0958. The first-order valence-electron chi connectivity index (χ1n) is 8.81. The Labute approximate surface area is 119 Å². The van der Waals surface area contributed by atoms with E-state index in [0.29, 0.717) is 0 Å². The molecule has 0 radical (unpaired) electrons. The Bertz CT molecular complexity index is 262. The molecular weight excluding hydrogens is 232 g/mol. The molecular formula is C17H32N2. The van der Waals surface area contributed by atoms with Gasteiger partial charge in [0.15, 0.2) is 0 Å². The number of hydrogen-bond donors (Lipinski definition) is 1. The molecule has 3 aliphatic rings. The van der Waals surface area contributed by atoms with Crippen LogP contribution in [0, 0.1) is 11.8 Å². The number of rotatable bonds is 5. The summed E-state index contributed by atoms with van der Waals surface area (Å²) in [5.74, 6) is 1.96. The Kier molecular flexibility index (Phi) is 4.81. The van der Waals surface area contributed by atoms with E-state index in [1.165, 1.54) is 77.4 Å². The molecule has 1 atom stereocenters. The van der Waals surface area contributed by atoms with Crippen molar-refractivity contribution in [2.45, 2.75) is 76.8 Å². The maximum atomic E-state index is 3.51. The van der Waals surface area contributed by atoms with Gasteiger partial charge in [0.1, 0.15) is 0 Å². The molecule has 110 valence electrons. The summed E-state index contributed by atoms with van der Waals surface area (Å²) < 4.78 is 0. The van der Waals surface area contributed by atoms with E-state index in [0.717, 1.165) is 23.9 Å². The average Bonchev–Trinajstić information content (AvgIpc) is 3.31. The average molecular weight is 264 g/mol. The molecule has 1 aliphatic heterocycles. The highest BCUT2D eigenvalue weighted by molar-refractivity contribution is 4.91. The first-order chi connectivity index (χ1) is 9.34. The molecule has 1 heterocycles. The quantitative estimate of drug-likeness (QED) is 0.818. The number of nitrogens with one attached hydrogen (secondary N) is 1. The van der Waals surface area contributed by atoms with Gasteiger partial charge in [-0.3, -0.25) is 4.90 Å². The zero-order valence-corrected chi connectivity index (χ0v) is 12.7. The molecule has 0 bridgehead atoms. The van der Waals surface area contributed by atoms with E-state index in [1.54, 1.807) is 0 Å². The van der Waals surface area contributed by atoms with E-state index in [4.69, 9.17) is 0 Å². The van der Waals surface area contributed by atoms with Gasteiger partial charge in [-0.2, -0.15) is 0 Å². The largest absolute Gasteiger partial charge is 0.317 e. The van der Waals surface area contributed by atoms with Crippen molar-refractivity contribution in [1.82, 2.24) is 10.2 Å². The summed E-state index contributed by atoms with van der Waals surface area (Å²) in [7, 11) is 0. The standard InChI is InChI=1S/C17H32N2/c1-14(16-5-3-2-4-6-16)19(17-7-8-17)13-15-9-11-18-12-10-15/h14-18H,2-13H2,1H3. The van der Waals surface area contributed by atoms with Crippen LogP contribution in [0.1, 0.15) is 64.7 Å². The van der Waals surface area contributed by atoms with E-state index in [-0.39, 0.29) is 0 Å². The summed E-state index contributed by atoms with van der Waals surface area (Å²) in [5, 5.41) is 3.51. The van der Waals surface area contributed by atoms with Gasteiger partial charge in [-0.15, -0.1) is 0 Å². The van der Waals surface area contributed by atoms with Gasteiger partial charge in [0.2, 0.25) is 0 Å². The van der Waals surface area contributed by atoms with Gasteiger partial charge < -0.3 is 5.32 Å². The molecule has 0 amide bonds. The van der Waals surface area contributed by atoms with Gasteiger partial charge in [0.25, 0.3) is 0 Å². The molecule has 1 saturated heterocycles. The SMILES string of the molecule is CC(C1CCCCC1)N(CC1CCNCC1)C1CC1. The van der Waals surface area contributed by atoms with E-state index in [2.05, 4.69) is 17.1 Å².